The molecule has 0 N–H and O–H groups in total. The number of pyridine rings is 1. The molecule has 6 aromatic rings. The predicted octanol–water partition coefficient (Wildman–Crippen LogP) is 13.9. The van der Waals surface area contributed by atoms with Gasteiger partial charge in [-0.3, -0.25) is 0 Å². The van der Waals surface area contributed by atoms with Gasteiger partial charge in [-0.15, -0.1) is 13.2 Å². The summed E-state index contributed by atoms with van der Waals surface area (Å²) in [5.74, 6) is -1.41. The lowest BCUT2D eigenvalue weighted by molar-refractivity contribution is -0.688. The van der Waals surface area contributed by atoms with Gasteiger partial charge in [0.15, 0.2) is 18.9 Å². The van der Waals surface area contributed by atoms with Crippen LogP contribution in [0.15, 0.2) is 128 Å². The summed E-state index contributed by atoms with van der Waals surface area (Å²) in [6.07, 6.45) is -56.7. The van der Waals surface area contributed by atoms with Gasteiger partial charge in [0.1, 0.15) is 6.15 Å². The van der Waals surface area contributed by atoms with Crippen molar-refractivity contribution in [2.75, 3.05) is 0 Å². The molecule has 0 saturated heterocycles. The van der Waals surface area contributed by atoms with Gasteiger partial charge >= 0.3 is 61.7 Å². The summed E-state index contributed by atoms with van der Waals surface area (Å²) in [4.78, 5) is 11.2. The summed E-state index contributed by atoms with van der Waals surface area (Å²) in [5.41, 5.74) is -29.3. The molecular formula is C46H23BF27NO2. The number of hydrogen-bond donors (Lipinski definition) is 0. The normalized spacial score (nSPS) is 13.5. The highest BCUT2D eigenvalue weighted by molar-refractivity contribution is 7.20. The first-order valence-corrected chi connectivity index (χ1v) is 20.4. The van der Waals surface area contributed by atoms with Crippen LogP contribution in [0.5, 0.6) is 0 Å². The zero-order chi connectivity index (χ0) is 58.5. The summed E-state index contributed by atoms with van der Waals surface area (Å²) in [7, 11) is 0. The average Bonchev–Trinajstić information content (AvgIpc) is 3.27. The first-order valence-electron chi connectivity index (χ1n) is 20.4. The minimum Gasteiger partial charge on any atom is -0.369 e. The van der Waals surface area contributed by atoms with Gasteiger partial charge in [-0.05, 0) is 24.3 Å². The van der Waals surface area contributed by atoms with Gasteiger partial charge in [-0.2, -0.15) is 127 Å². The Morgan fingerprint density at radius 3 is 0.792 bits per heavy atom. The van der Waals surface area contributed by atoms with Crippen LogP contribution < -0.4 is 26.4 Å². The van der Waals surface area contributed by atoms with Crippen molar-refractivity contribution in [1.82, 2.24) is 0 Å². The molecule has 31 heteroatoms. The van der Waals surface area contributed by atoms with Crippen molar-refractivity contribution in [3.8, 4) is 0 Å². The smallest absolute Gasteiger partial charge is 0.369 e. The van der Waals surface area contributed by atoms with Gasteiger partial charge in [-0.1, -0.05) is 78.9 Å². The van der Waals surface area contributed by atoms with Crippen LogP contribution in [0.3, 0.4) is 0 Å². The van der Waals surface area contributed by atoms with Crippen LogP contribution in [0.1, 0.15) is 60.4 Å². The maximum Gasteiger partial charge on any atom is 0.575 e. The molecule has 1 heterocycles. The van der Waals surface area contributed by atoms with Gasteiger partial charge in [0.05, 0.1) is 50.1 Å². The minimum atomic E-state index is -6.13. The average molecular weight is 1150 g/mol. The standard InChI is InChI=1S/C32H12BF24.C14H11F3NO2/c34-25(35,36)13-1-14(26(37,38)39)6-21(5-13)33(22-7-15(27(40,41)42)2-16(8-22)28(43,44)45,23-9-17(29(46,47)48)3-18(10-23)30(49,50)51)24-11-19(31(52,53)54)4-20(12-24)32(55,56)57;15-14(16,17)20-13(19)12-6-8-18(9-7-12)10-11-4-2-1-3-5-11/h1-12H;1-9H,10H2/q-1;+1. The lowest BCUT2D eigenvalue weighted by atomic mass is 9.12. The van der Waals surface area contributed by atoms with Crippen molar-refractivity contribution in [1.29, 1.82) is 0 Å². The van der Waals surface area contributed by atoms with Gasteiger partial charge in [0.2, 0.25) is 0 Å². The Hall–Kier alpha value is -7.11. The van der Waals surface area contributed by atoms with Crippen molar-refractivity contribution in [2.24, 2.45) is 0 Å². The Labute approximate surface area is 412 Å². The minimum absolute atomic E-state index is 0.147. The number of esters is 1. The molecule has 416 valence electrons. The van der Waals surface area contributed by atoms with E-state index in [9.17, 15) is 123 Å². The Bertz CT molecular complexity index is 2630. The van der Waals surface area contributed by atoms with E-state index in [1.165, 1.54) is 24.5 Å². The van der Waals surface area contributed by atoms with E-state index in [-0.39, 0.29) is 5.56 Å². The summed E-state index contributed by atoms with van der Waals surface area (Å²) >= 11 is 0. The van der Waals surface area contributed by atoms with Gasteiger partial charge in [-0.25, -0.2) is 9.36 Å². The number of aromatic nitrogens is 1. The van der Waals surface area contributed by atoms with E-state index in [4.69, 9.17) is 0 Å². The molecule has 5 aromatic carbocycles. The highest BCUT2D eigenvalue weighted by Gasteiger charge is 2.47. The van der Waals surface area contributed by atoms with Crippen molar-refractivity contribution in [3.63, 3.8) is 0 Å². The zero-order valence-corrected chi connectivity index (χ0v) is 36.9. The van der Waals surface area contributed by atoms with Crippen LogP contribution >= 0.6 is 0 Å². The molecule has 0 amide bonds. The molecule has 0 spiro atoms. The van der Waals surface area contributed by atoms with E-state index in [0.717, 1.165) is 5.56 Å². The molecule has 0 aliphatic carbocycles. The molecule has 0 unspecified atom stereocenters. The quantitative estimate of drug-likeness (QED) is 0.0690. The number of carbonyl (C=O) groups is 1. The number of carbonyl (C=O) groups excluding carboxylic acids is 1. The van der Waals surface area contributed by atoms with E-state index in [0.29, 0.717) is 6.54 Å². The number of ether oxygens (including phenoxy) is 1. The third-order valence-electron chi connectivity index (χ3n) is 11.0. The molecule has 1 aromatic heterocycles. The number of alkyl halides is 27. The Balaban J connectivity index is 0.000000455. The monoisotopic (exact) mass is 1150 g/mol. The topological polar surface area (TPSA) is 30.2 Å². The molecular weight excluding hydrogens is 1120 g/mol. The van der Waals surface area contributed by atoms with E-state index < -0.39 is 207 Å². The Morgan fingerprint density at radius 2 is 0.584 bits per heavy atom. The Kier molecular flexibility index (Phi) is 16.3. The Morgan fingerprint density at radius 1 is 0.351 bits per heavy atom. The molecule has 0 atom stereocenters. The molecule has 6 rings (SSSR count). The summed E-state index contributed by atoms with van der Waals surface area (Å²) < 4.78 is 382. The predicted molar refractivity (Wildman–Crippen MR) is 214 cm³/mol. The lowest BCUT2D eigenvalue weighted by Crippen LogP contribution is -2.75. The molecule has 77 heavy (non-hydrogen) atoms. The fraction of sp³-hybridized carbons (Fsp3) is 0.217. The van der Waals surface area contributed by atoms with Crippen LogP contribution in [0.4, 0.5) is 119 Å². The fourth-order valence-electron chi connectivity index (χ4n) is 7.73. The molecule has 0 aliphatic heterocycles. The van der Waals surface area contributed by atoms with E-state index >= 15 is 0 Å². The first kappa shape index (κ1) is 60.8. The van der Waals surface area contributed by atoms with Crippen LogP contribution in [0.25, 0.3) is 0 Å². The largest absolute Gasteiger partial charge is 0.575 e. The number of hydrogen-bond acceptors (Lipinski definition) is 2. The van der Waals surface area contributed by atoms with Gasteiger partial charge in [0.25, 0.3) is 0 Å². The second kappa shape index (κ2) is 20.7. The summed E-state index contributed by atoms with van der Waals surface area (Å²) in [5, 5.41) is 0. The third kappa shape index (κ3) is 14.9. The fourth-order valence-corrected chi connectivity index (χ4v) is 7.73. The third-order valence-corrected chi connectivity index (χ3v) is 11.0. The second-order valence-electron chi connectivity index (χ2n) is 16.3. The van der Waals surface area contributed by atoms with E-state index in [1.807, 2.05) is 30.3 Å². The number of nitrogens with zero attached hydrogens (tertiary/aromatic N) is 1. The molecule has 0 saturated carbocycles. The highest BCUT2D eigenvalue weighted by atomic mass is 19.4. The van der Waals surface area contributed by atoms with Crippen molar-refractivity contribution < 1.29 is 133 Å². The van der Waals surface area contributed by atoms with Crippen LogP contribution in [0.2, 0.25) is 0 Å². The van der Waals surface area contributed by atoms with Crippen LogP contribution in [-0.4, -0.2) is 18.5 Å². The molecule has 3 nitrogen and oxygen atoms in total. The maximum atomic E-state index is 14.2. The van der Waals surface area contributed by atoms with Crippen molar-refractivity contribution >= 4 is 34.0 Å². The van der Waals surface area contributed by atoms with Crippen molar-refractivity contribution in [2.45, 2.75) is 62.3 Å². The zero-order valence-electron chi connectivity index (χ0n) is 36.9. The highest BCUT2D eigenvalue weighted by Crippen LogP contribution is 2.41. The number of benzene rings is 5. The summed E-state index contributed by atoms with van der Waals surface area (Å²) in [6, 6.07) is 3.31. The molecule has 0 bridgehead atoms. The van der Waals surface area contributed by atoms with Crippen molar-refractivity contribution in [3.05, 3.63) is 183 Å². The van der Waals surface area contributed by atoms with Crippen LogP contribution in [-0.2, 0) is 60.7 Å². The van der Waals surface area contributed by atoms with E-state index in [1.54, 1.807) is 4.57 Å². The second-order valence-corrected chi connectivity index (χ2v) is 16.3. The van der Waals surface area contributed by atoms with Crippen LogP contribution in [0, 0.1) is 0 Å². The summed E-state index contributed by atoms with van der Waals surface area (Å²) in [6.45, 7) is 0.565. The van der Waals surface area contributed by atoms with Gasteiger partial charge < -0.3 is 4.74 Å². The maximum absolute atomic E-state index is 14.2. The first-order chi connectivity index (χ1) is 34.7. The molecule has 0 radical (unpaired) electrons. The number of rotatable bonds is 7. The molecule has 0 fully saturated rings. The molecule has 0 aliphatic rings. The lowest BCUT2D eigenvalue weighted by Gasteiger charge is -2.46. The SMILES string of the molecule is FC(F)(F)c1cc([B-](c2cc(C(F)(F)F)cc(C(F)(F)F)c2)(c2cc(C(F)(F)F)cc(C(F)(F)F)c2)c2cc(C(F)(F)F)cc(C(F)(F)F)c2)cc(C(F)(F)F)c1.O=C(OC(F)(F)F)c1cc[n+](Cc2ccccc2)cc1. The van der Waals surface area contributed by atoms with E-state index in [2.05, 4.69) is 4.74 Å². The number of halogens is 27. The van der Waals surface area contributed by atoms with Gasteiger partial charge in [0, 0.05) is 17.7 Å².